The molecule has 0 aromatic heterocycles. The van der Waals surface area contributed by atoms with Crippen LogP contribution in [0.15, 0.2) is 36.9 Å². The first-order valence-electron chi connectivity index (χ1n) is 6.29. The van der Waals surface area contributed by atoms with E-state index in [1.165, 1.54) is 17.2 Å². The van der Waals surface area contributed by atoms with Crippen LogP contribution in [0.25, 0.3) is 0 Å². The van der Waals surface area contributed by atoms with Crippen molar-refractivity contribution in [2.24, 2.45) is 0 Å². The van der Waals surface area contributed by atoms with Crippen LogP contribution in [-0.4, -0.2) is 5.91 Å². The molecule has 0 aliphatic rings. The van der Waals surface area contributed by atoms with Gasteiger partial charge in [-0.05, 0) is 37.5 Å². The topological polar surface area (TPSA) is 41.1 Å². The second-order valence-electron chi connectivity index (χ2n) is 4.85. The predicted molar refractivity (Wildman–Crippen MR) is 74.9 cm³/mol. The van der Waals surface area contributed by atoms with Gasteiger partial charge in [0.2, 0.25) is 0 Å². The summed E-state index contributed by atoms with van der Waals surface area (Å²) in [5.74, 6) is -0.226. The number of amides is 1. The monoisotopic (exact) mass is 246 g/mol. The Bertz CT molecular complexity index is 424. The minimum Gasteiger partial charge on any atom is -0.287 e. The molecule has 0 saturated heterocycles. The average Bonchev–Trinajstić information content (AvgIpc) is 2.37. The number of carbonyl (C=O) groups is 1. The molecule has 2 N–H and O–H groups in total. The van der Waals surface area contributed by atoms with Crippen molar-refractivity contribution in [3.63, 3.8) is 0 Å². The highest BCUT2D eigenvalue weighted by Crippen LogP contribution is 2.24. The lowest BCUT2D eigenvalue weighted by molar-refractivity contribution is -0.118. The maximum absolute atomic E-state index is 11.2. The van der Waals surface area contributed by atoms with Gasteiger partial charge in [0.15, 0.2) is 0 Å². The Morgan fingerprint density at radius 3 is 2.67 bits per heavy atom. The minimum absolute atomic E-state index is 0.226. The zero-order valence-electron chi connectivity index (χ0n) is 11.4. The van der Waals surface area contributed by atoms with Crippen molar-refractivity contribution in [1.82, 2.24) is 10.9 Å². The summed E-state index contributed by atoms with van der Waals surface area (Å²) in [6, 6.07) is 8.30. The number of nitrogens with one attached hydrogen (secondary N) is 2. The number of aryl methyl sites for hydroxylation is 1. The van der Waals surface area contributed by atoms with Gasteiger partial charge in [-0.3, -0.25) is 10.2 Å². The molecule has 0 unspecified atom stereocenters. The van der Waals surface area contributed by atoms with Crippen LogP contribution in [0.4, 0.5) is 0 Å². The van der Waals surface area contributed by atoms with E-state index in [1.807, 2.05) is 26.0 Å². The van der Waals surface area contributed by atoms with Crippen molar-refractivity contribution >= 4 is 5.91 Å². The predicted octanol–water partition coefficient (Wildman–Crippen LogP) is 2.68. The van der Waals surface area contributed by atoms with E-state index in [0.29, 0.717) is 0 Å². The molecule has 1 aromatic rings. The summed E-state index contributed by atoms with van der Waals surface area (Å²) in [4.78, 5) is 11.2. The van der Waals surface area contributed by atoms with Gasteiger partial charge in [-0.15, -0.1) is 0 Å². The SMILES string of the molecule is C=CC(=O)NNC(C)(C)c1ccccc1CCC. The summed E-state index contributed by atoms with van der Waals surface area (Å²) in [6.07, 6.45) is 3.39. The molecule has 0 aliphatic carbocycles. The molecule has 0 radical (unpaired) electrons. The Balaban J connectivity index is 2.89. The molecule has 0 spiro atoms. The third kappa shape index (κ3) is 3.70. The lowest BCUT2D eigenvalue weighted by atomic mass is 9.89. The lowest BCUT2D eigenvalue weighted by Gasteiger charge is -2.29. The van der Waals surface area contributed by atoms with Crippen molar-refractivity contribution in [1.29, 1.82) is 0 Å². The van der Waals surface area contributed by atoms with Gasteiger partial charge in [-0.2, -0.15) is 0 Å². The summed E-state index contributed by atoms with van der Waals surface area (Å²) in [6.45, 7) is 9.69. The van der Waals surface area contributed by atoms with Crippen LogP contribution in [0.5, 0.6) is 0 Å². The number of benzene rings is 1. The van der Waals surface area contributed by atoms with Gasteiger partial charge >= 0.3 is 0 Å². The van der Waals surface area contributed by atoms with Gasteiger partial charge < -0.3 is 0 Å². The number of hydrogen-bond acceptors (Lipinski definition) is 2. The molecule has 98 valence electrons. The van der Waals surface area contributed by atoms with E-state index in [9.17, 15) is 4.79 Å². The number of carbonyl (C=O) groups excluding carboxylic acids is 1. The third-order valence-electron chi connectivity index (χ3n) is 2.89. The molecule has 0 aliphatic heterocycles. The molecule has 0 heterocycles. The Kier molecular flexibility index (Phi) is 5.10. The van der Waals surface area contributed by atoms with Crippen LogP contribution in [0, 0.1) is 0 Å². The quantitative estimate of drug-likeness (QED) is 0.598. The first-order valence-corrected chi connectivity index (χ1v) is 6.29. The number of hydrazine groups is 1. The standard InChI is InChI=1S/C15H22N2O/c1-5-9-12-10-7-8-11-13(12)15(3,4)17-16-14(18)6-2/h6-8,10-11,17H,2,5,9H2,1,3-4H3,(H,16,18). The second kappa shape index (κ2) is 6.36. The number of rotatable bonds is 6. The van der Waals surface area contributed by atoms with E-state index in [1.54, 1.807) is 0 Å². The van der Waals surface area contributed by atoms with Crippen LogP contribution >= 0.6 is 0 Å². The second-order valence-corrected chi connectivity index (χ2v) is 4.85. The summed E-state index contributed by atoms with van der Waals surface area (Å²) in [5.41, 5.74) is 7.89. The first kappa shape index (κ1) is 14.5. The van der Waals surface area contributed by atoms with Gasteiger partial charge in [0.1, 0.15) is 0 Å². The van der Waals surface area contributed by atoms with Crippen LogP contribution in [-0.2, 0) is 16.8 Å². The molecular formula is C15H22N2O. The molecule has 3 nitrogen and oxygen atoms in total. The minimum atomic E-state index is -0.315. The van der Waals surface area contributed by atoms with E-state index in [-0.39, 0.29) is 11.4 Å². The third-order valence-corrected chi connectivity index (χ3v) is 2.89. The first-order chi connectivity index (χ1) is 8.51. The normalized spacial score (nSPS) is 11.1. The fourth-order valence-electron chi connectivity index (χ4n) is 1.95. The molecule has 0 bridgehead atoms. The maximum Gasteiger partial charge on any atom is 0.257 e. The molecule has 0 atom stereocenters. The molecular weight excluding hydrogens is 224 g/mol. The van der Waals surface area contributed by atoms with Crippen LogP contribution in [0.2, 0.25) is 0 Å². The zero-order chi connectivity index (χ0) is 13.6. The lowest BCUT2D eigenvalue weighted by Crippen LogP contribution is -2.48. The van der Waals surface area contributed by atoms with Gasteiger partial charge in [0.05, 0.1) is 5.54 Å². The summed E-state index contributed by atoms with van der Waals surface area (Å²) in [5, 5.41) is 0. The van der Waals surface area contributed by atoms with Crippen molar-refractivity contribution in [3.8, 4) is 0 Å². The number of hydrogen-bond donors (Lipinski definition) is 2. The Labute approximate surface area is 109 Å². The Morgan fingerprint density at radius 2 is 2.06 bits per heavy atom. The average molecular weight is 246 g/mol. The van der Waals surface area contributed by atoms with E-state index < -0.39 is 0 Å². The molecule has 3 heteroatoms. The molecule has 0 saturated carbocycles. The summed E-state index contributed by atoms with van der Waals surface area (Å²) >= 11 is 0. The van der Waals surface area contributed by atoms with Gasteiger partial charge in [-0.25, -0.2) is 5.43 Å². The highest BCUT2D eigenvalue weighted by atomic mass is 16.2. The van der Waals surface area contributed by atoms with Gasteiger partial charge in [0, 0.05) is 0 Å². The zero-order valence-corrected chi connectivity index (χ0v) is 11.4. The smallest absolute Gasteiger partial charge is 0.257 e. The molecule has 1 aromatic carbocycles. The van der Waals surface area contributed by atoms with E-state index in [2.05, 4.69) is 36.5 Å². The van der Waals surface area contributed by atoms with Crippen LogP contribution in [0.1, 0.15) is 38.3 Å². The molecule has 1 amide bonds. The van der Waals surface area contributed by atoms with Crippen molar-refractivity contribution in [2.75, 3.05) is 0 Å². The summed E-state index contributed by atoms with van der Waals surface area (Å²) in [7, 11) is 0. The maximum atomic E-state index is 11.2. The van der Waals surface area contributed by atoms with Gasteiger partial charge in [-0.1, -0.05) is 44.2 Å². The fourth-order valence-corrected chi connectivity index (χ4v) is 1.95. The highest BCUT2D eigenvalue weighted by molar-refractivity contribution is 5.86. The van der Waals surface area contributed by atoms with E-state index >= 15 is 0 Å². The van der Waals surface area contributed by atoms with E-state index in [4.69, 9.17) is 0 Å². The fraction of sp³-hybridized carbons (Fsp3) is 0.400. The van der Waals surface area contributed by atoms with Gasteiger partial charge in [0.25, 0.3) is 5.91 Å². The summed E-state index contributed by atoms with van der Waals surface area (Å²) < 4.78 is 0. The Morgan fingerprint density at radius 1 is 1.39 bits per heavy atom. The van der Waals surface area contributed by atoms with E-state index in [0.717, 1.165) is 12.8 Å². The molecule has 0 fully saturated rings. The largest absolute Gasteiger partial charge is 0.287 e. The highest BCUT2D eigenvalue weighted by Gasteiger charge is 2.22. The van der Waals surface area contributed by atoms with Crippen molar-refractivity contribution < 1.29 is 4.79 Å². The molecule has 18 heavy (non-hydrogen) atoms. The molecule has 1 rings (SSSR count). The Hall–Kier alpha value is -1.61. The van der Waals surface area contributed by atoms with Crippen molar-refractivity contribution in [3.05, 3.63) is 48.0 Å². The van der Waals surface area contributed by atoms with Crippen LogP contribution in [0.3, 0.4) is 0 Å². The van der Waals surface area contributed by atoms with Crippen LogP contribution < -0.4 is 10.9 Å². The van der Waals surface area contributed by atoms with Crippen molar-refractivity contribution in [2.45, 2.75) is 39.2 Å².